The van der Waals surface area contributed by atoms with Crippen molar-refractivity contribution in [3.8, 4) is 51.5 Å². The molecule has 7 rings (SSSR count). The third-order valence-corrected chi connectivity index (χ3v) is 9.79. The highest BCUT2D eigenvalue weighted by molar-refractivity contribution is 5.93. The van der Waals surface area contributed by atoms with Crippen LogP contribution in [0.1, 0.15) is 133 Å². The van der Waals surface area contributed by atoms with Crippen molar-refractivity contribution in [1.29, 1.82) is 0 Å². The molecule has 10 nitrogen and oxygen atoms in total. The molecule has 2 aromatic carbocycles. The number of nitrogens with zero attached hydrogens (tertiary/aromatic N) is 5. The van der Waals surface area contributed by atoms with E-state index in [1.165, 1.54) is 6.42 Å². The number of anilines is 1. The monoisotopic (exact) mass is 761 g/mol. The highest BCUT2D eigenvalue weighted by Crippen LogP contribution is 2.45. The van der Waals surface area contributed by atoms with Crippen LogP contribution in [0.3, 0.4) is 0 Å². The Kier molecular flexibility index (Phi) is 13.4. The molecule has 1 saturated heterocycles. The fourth-order valence-electron chi connectivity index (χ4n) is 7.41. The minimum absolute atomic E-state index is 0.104. The van der Waals surface area contributed by atoms with E-state index in [9.17, 15) is 4.79 Å². The maximum absolute atomic E-state index is 12.8. The fraction of sp³-hybridized carbons (Fsp3) is 0.500. The Morgan fingerprint density at radius 1 is 0.946 bits per heavy atom. The molecule has 5 heterocycles. The smallest absolute Gasteiger partial charge is 0.229 e. The van der Waals surface area contributed by atoms with E-state index >= 15 is 0 Å². The Labute approximate surface area is 334 Å². The van der Waals surface area contributed by atoms with Crippen LogP contribution in [0.15, 0.2) is 54.9 Å². The standard InChI is InChI=1S/C38H47N7O2.C5H12.C3H4O/c1-7-11-34(46)43(17-8-2)37-40-23-29(42-37)24-14-16-30-26(19-24)20-32-27-15-13-25(21-33(27)47-35(9-3)45(30)32)28-22-39-36(41-28)31-12-10-18-44(31)38(4,5)6;1-5(2,3)4;1-2-3-4/h13-16,19-23,31,35H,7-12,17-18H2,1-6H3,(H,39,41)(H,40,42);1-4H3;4H,1H3. The van der Waals surface area contributed by atoms with Gasteiger partial charge in [-0.2, -0.15) is 0 Å². The first kappa shape index (κ1) is 42.1. The molecule has 10 heteroatoms. The summed E-state index contributed by atoms with van der Waals surface area (Å²) in [6, 6.07) is 15.6. The maximum atomic E-state index is 12.8. The highest BCUT2D eigenvalue weighted by Gasteiger charge is 2.35. The SMILES string of the molecule is CC#CO.CC(C)(C)C.CCCC(=O)N(CCC)c1ncc(-c2ccc3c(c2)cc2n3C(CC)Oc3cc(-c4cnc(C5CCCN5C(C)(C)C)[nH]4)ccc3-2)[nH]1. The van der Waals surface area contributed by atoms with Crippen LogP contribution in [-0.2, 0) is 4.79 Å². The number of aromatic amines is 2. The Balaban J connectivity index is 0.000000603. The lowest BCUT2D eigenvalue weighted by molar-refractivity contribution is -0.118. The molecule has 2 unspecified atom stereocenters. The molecule has 0 aliphatic carbocycles. The molecule has 5 aromatic rings. The predicted molar refractivity (Wildman–Crippen MR) is 229 cm³/mol. The highest BCUT2D eigenvalue weighted by atomic mass is 16.5. The molecule has 3 N–H and O–H groups in total. The lowest BCUT2D eigenvalue weighted by Crippen LogP contribution is -2.40. The number of nitrogens with one attached hydrogen (secondary N) is 2. The topological polar surface area (TPSA) is 115 Å². The van der Waals surface area contributed by atoms with Crippen molar-refractivity contribution in [2.45, 2.75) is 132 Å². The lowest BCUT2D eigenvalue weighted by atomic mass is 10.0. The van der Waals surface area contributed by atoms with Crippen LogP contribution >= 0.6 is 0 Å². The minimum Gasteiger partial charge on any atom is -0.469 e. The number of imidazole rings is 2. The predicted octanol–water partition coefficient (Wildman–Crippen LogP) is 11.3. The number of aliphatic hydroxyl groups is 1. The van der Waals surface area contributed by atoms with Crippen LogP contribution in [0.2, 0.25) is 0 Å². The van der Waals surface area contributed by atoms with E-state index in [0.717, 1.165) is 88.5 Å². The number of carbonyl (C=O) groups is 1. The summed E-state index contributed by atoms with van der Waals surface area (Å²) in [5, 5.41) is 8.65. The van der Waals surface area contributed by atoms with Crippen LogP contribution in [-0.4, -0.2) is 59.0 Å². The molecule has 0 bridgehead atoms. The number of H-pyrrole nitrogens is 2. The van der Waals surface area contributed by atoms with Crippen LogP contribution in [0.5, 0.6) is 5.75 Å². The summed E-state index contributed by atoms with van der Waals surface area (Å²) in [4.78, 5) is 33.6. The Morgan fingerprint density at radius 2 is 1.61 bits per heavy atom. The van der Waals surface area contributed by atoms with Gasteiger partial charge in [-0.15, -0.1) is 0 Å². The van der Waals surface area contributed by atoms with Gasteiger partial charge in [0.2, 0.25) is 11.9 Å². The number of likely N-dealkylation sites (tertiary alicyclic amines) is 1. The number of aromatic nitrogens is 5. The van der Waals surface area contributed by atoms with Gasteiger partial charge in [0.25, 0.3) is 0 Å². The molecule has 2 aliphatic heterocycles. The summed E-state index contributed by atoms with van der Waals surface area (Å²) in [5.41, 5.74) is 8.00. The molecule has 56 heavy (non-hydrogen) atoms. The number of ether oxygens (including phenoxy) is 1. The second kappa shape index (κ2) is 17.8. The molecule has 1 amide bonds. The number of hydrogen-bond acceptors (Lipinski definition) is 6. The normalized spacial score (nSPS) is 16.3. The van der Waals surface area contributed by atoms with Crippen LogP contribution in [0.4, 0.5) is 5.95 Å². The number of aliphatic hydroxyl groups excluding tert-OH is 1. The van der Waals surface area contributed by atoms with Crippen molar-refractivity contribution in [3.05, 3.63) is 60.7 Å². The van der Waals surface area contributed by atoms with E-state index < -0.39 is 0 Å². The van der Waals surface area contributed by atoms with Crippen molar-refractivity contribution < 1.29 is 14.6 Å². The Hall–Kier alpha value is -5.01. The second-order valence-electron chi connectivity index (χ2n) is 17.3. The molecule has 0 spiro atoms. The van der Waals surface area contributed by atoms with Crippen LogP contribution in [0.25, 0.3) is 44.7 Å². The number of hydrogen-bond donors (Lipinski definition) is 3. The molecule has 3 aromatic heterocycles. The Bertz CT molecular complexity index is 2140. The average Bonchev–Trinajstić information content (AvgIpc) is 3.98. The van der Waals surface area contributed by atoms with Gasteiger partial charge in [0, 0.05) is 53.9 Å². The van der Waals surface area contributed by atoms with Gasteiger partial charge in [-0.25, -0.2) is 9.97 Å². The molecule has 1 fully saturated rings. The van der Waals surface area contributed by atoms with Crippen molar-refractivity contribution >= 4 is 22.8 Å². The van der Waals surface area contributed by atoms with Gasteiger partial charge in [-0.05, 0) is 88.7 Å². The fourth-order valence-corrected chi connectivity index (χ4v) is 7.41. The van der Waals surface area contributed by atoms with Gasteiger partial charge in [0.05, 0.1) is 41.0 Å². The molecule has 0 radical (unpaired) electrons. The maximum Gasteiger partial charge on any atom is 0.229 e. The quantitative estimate of drug-likeness (QED) is 0.129. The van der Waals surface area contributed by atoms with E-state index in [0.29, 0.717) is 30.4 Å². The second-order valence-corrected chi connectivity index (χ2v) is 17.3. The van der Waals surface area contributed by atoms with E-state index in [2.05, 4.69) is 135 Å². The van der Waals surface area contributed by atoms with Gasteiger partial charge in [0.1, 0.15) is 17.7 Å². The summed E-state index contributed by atoms with van der Waals surface area (Å²) < 4.78 is 9.00. The first-order valence-corrected chi connectivity index (χ1v) is 20.3. The Morgan fingerprint density at radius 3 is 2.25 bits per heavy atom. The molecule has 2 aliphatic rings. The van der Waals surface area contributed by atoms with E-state index in [1.807, 2.05) is 19.3 Å². The zero-order valence-electron chi connectivity index (χ0n) is 35.5. The van der Waals surface area contributed by atoms with E-state index in [-0.39, 0.29) is 17.7 Å². The van der Waals surface area contributed by atoms with Crippen molar-refractivity contribution in [2.24, 2.45) is 5.41 Å². The summed E-state index contributed by atoms with van der Waals surface area (Å²) in [5.74, 6) is 4.89. The number of benzene rings is 2. The van der Waals surface area contributed by atoms with Gasteiger partial charge in [0.15, 0.2) is 6.23 Å². The first-order chi connectivity index (χ1) is 26.6. The summed E-state index contributed by atoms with van der Waals surface area (Å²) in [7, 11) is 0. The van der Waals surface area contributed by atoms with E-state index in [1.54, 1.807) is 17.9 Å². The summed E-state index contributed by atoms with van der Waals surface area (Å²) >= 11 is 0. The van der Waals surface area contributed by atoms with Gasteiger partial charge >= 0.3 is 0 Å². The molecular formula is C46H63N7O3. The minimum atomic E-state index is -0.113. The number of amides is 1. The number of rotatable bonds is 9. The van der Waals surface area contributed by atoms with Crippen LogP contribution in [0, 0.1) is 17.4 Å². The molecular weight excluding hydrogens is 699 g/mol. The van der Waals surface area contributed by atoms with E-state index in [4.69, 9.17) is 14.8 Å². The third-order valence-electron chi connectivity index (χ3n) is 9.79. The van der Waals surface area contributed by atoms with Crippen molar-refractivity contribution in [2.75, 3.05) is 18.0 Å². The lowest BCUT2D eigenvalue weighted by Gasteiger charge is -2.36. The summed E-state index contributed by atoms with van der Waals surface area (Å²) in [6.07, 6.45) is 10.7. The summed E-state index contributed by atoms with van der Waals surface area (Å²) in [6.45, 7) is 25.2. The van der Waals surface area contributed by atoms with Crippen LogP contribution < -0.4 is 9.64 Å². The third kappa shape index (κ3) is 9.67. The van der Waals surface area contributed by atoms with Gasteiger partial charge in [-0.1, -0.05) is 66.5 Å². The molecule has 300 valence electrons. The number of fused-ring (bicyclic) bond motifs is 5. The zero-order chi connectivity index (χ0) is 40.8. The number of carbonyl (C=O) groups excluding carboxylic acids is 1. The van der Waals surface area contributed by atoms with Gasteiger partial charge in [-0.3, -0.25) is 14.6 Å². The molecule has 2 atom stereocenters. The molecule has 0 saturated carbocycles. The van der Waals surface area contributed by atoms with Crippen molar-refractivity contribution in [1.82, 2.24) is 29.4 Å². The zero-order valence-corrected chi connectivity index (χ0v) is 35.5. The largest absolute Gasteiger partial charge is 0.469 e. The van der Waals surface area contributed by atoms with Crippen molar-refractivity contribution in [3.63, 3.8) is 0 Å². The average molecular weight is 762 g/mol. The first-order valence-electron chi connectivity index (χ1n) is 20.3. The van der Waals surface area contributed by atoms with Gasteiger partial charge < -0.3 is 24.4 Å².